The van der Waals surface area contributed by atoms with Crippen molar-refractivity contribution in [2.75, 3.05) is 9.80 Å². The lowest BCUT2D eigenvalue weighted by molar-refractivity contribution is 0.465. The molecule has 0 fully saturated rings. The van der Waals surface area contributed by atoms with Gasteiger partial charge in [0.1, 0.15) is 34.5 Å². The first kappa shape index (κ1) is 39.8. The summed E-state index contributed by atoms with van der Waals surface area (Å²) in [7, 11) is 0. The molecule has 0 saturated carbocycles. The van der Waals surface area contributed by atoms with Crippen LogP contribution < -0.4 is 56.8 Å². The molecule has 5 nitrogen and oxygen atoms in total. The molecule has 7 heteroatoms. The molecule has 330 valence electrons. The zero-order valence-electron chi connectivity index (χ0n) is 38.4. The van der Waals surface area contributed by atoms with Crippen LogP contribution in [0, 0.1) is 0 Å². The molecule has 0 radical (unpaired) electrons. The Hall–Kier alpha value is -9.19. The van der Waals surface area contributed by atoms with Crippen LogP contribution in [0.25, 0.3) is 33.0 Å². The molecule has 4 aliphatic rings. The number of hydrogen-bond acceptors (Lipinski definition) is 5. The molecule has 0 aliphatic carbocycles. The van der Waals surface area contributed by atoms with E-state index >= 15 is 0 Å². The number of nitrogens with zero attached hydrogens (tertiary/aromatic N) is 2. The van der Waals surface area contributed by atoms with E-state index < -0.39 is 0 Å². The molecule has 15 rings (SSSR count). The fraction of sp³-hybridized carbons (Fsp3) is 0. The first-order chi connectivity index (χ1) is 35.2. The fourth-order valence-electron chi connectivity index (χ4n) is 11.8. The maximum absolute atomic E-state index is 7.42. The van der Waals surface area contributed by atoms with E-state index in [4.69, 9.17) is 14.2 Å². The second-order valence-electron chi connectivity index (χ2n) is 18.7. The molecule has 11 aromatic rings. The van der Waals surface area contributed by atoms with Crippen molar-refractivity contribution in [3.8, 4) is 56.8 Å². The topological polar surface area (TPSA) is 34.2 Å². The minimum atomic E-state index is -0.164. The number of hydrogen-bond donors (Lipinski definition) is 0. The third-order valence-electron chi connectivity index (χ3n) is 14.8. The summed E-state index contributed by atoms with van der Waals surface area (Å²) in [6.45, 7) is -0.303. The van der Waals surface area contributed by atoms with E-state index in [1.165, 1.54) is 21.8 Å². The number of anilines is 6. The summed E-state index contributed by atoms with van der Waals surface area (Å²) in [5.74, 6) is 4.92. The quantitative estimate of drug-likeness (QED) is 0.155. The van der Waals surface area contributed by atoms with Crippen LogP contribution in [0.15, 0.2) is 243 Å². The van der Waals surface area contributed by atoms with Gasteiger partial charge in [0.15, 0.2) is 0 Å². The van der Waals surface area contributed by atoms with Gasteiger partial charge in [-0.1, -0.05) is 170 Å². The smallest absolute Gasteiger partial charge is 0.260 e. The fourth-order valence-corrected chi connectivity index (χ4v) is 11.8. The molecule has 0 atom stereocenters. The minimum absolute atomic E-state index is 0.139. The summed E-state index contributed by atoms with van der Waals surface area (Å²) in [6.07, 6.45) is 0. The Morgan fingerprint density at radius 2 is 0.859 bits per heavy atom. The Balaban J connectivity index is 1.01. The van der Waals surface area contributed by atoms with Gasteiger partial charge in [0.25, 0.3) is 13.4 Å². The summed E-state index contributed by atoms with van der Waals surface area (Å²) < 4.78 is 21.4. The first-order valence-electron chi connectivity index (χ1n) is 24.3. The Labute approximate surface area is 412 Å². The Morgan fingerprint density at radius 1 is 0.310 bits per heavy atom. The predicted molar refractivity (Wildman–Crippen MR) is 293 cm³/mol. The van der Waals surface area contributed by atoms with Gasteiger partial charge in [0, 0.05) is 52.0 Å². The van der Waals surface area contributed by atoms with Crippen LogP contribution in [0.2, 0.25) is 0 Å². The molecule has 0 unspecified atom stereocenters. The second-order valence-corrected chi connectivity index (χ2v) is 18.7. The van der Waals surface area contributed by atoms with E-state index in [1.807, 2.05) is 0 Å². The molecule has 0 bridgehead atoms. The molecule has 4 heterocycles. The van der Waals surface area contributed by atoms with E-state index in [0.29, 0.717) is 0 Å². The molecular formula is C64H40B2N2O3. The molecule has 4 aliphatic heterocycles. The van der Waals surface area contributed by atoms with E-state index in [9.17, 15) is 0 Å². The van der Waals surface area contributed by atoms with Crippen molar-refractivity contribution >= 4 is 91.1 Å². The highest BCUT2D eigenvalue weighted by Gasteiger charge is 2.47. The van der Waals surface area contributed by atoms with Gasteiger partial charge >= 0.3 is 0 Å². The highest BCUT2D eigenvalue weighted by Crippen LogP contribution is 2.49. The van der Waals surface area contributed by atoms with Crippen LogP contribution >= 0.6 is 0 Å². The monoisotopic (exact) mass is 906 g/mol. The van der Waals surface area contributed by atoms with Crippen LogP contribution in [0.5, 0.6) is 34.5 Å². The molecular weight excluding hydrogens is 866 g/mol. The van der Waals surface area contributed by atoms with Crippen molar-refractivity contribution in [3.05, 3.63) is 243 Å². The maximum atomic E-state index is 7.42. The Bertz CT molecular complexity index is 3910. The van der Waals surface area contributed by atoms with Gasteiger partial charge in [-0.25, -0.2) is 0 Å². The lowest BCUT2D eigenvalue weighted by atomic mass is 9.31. The standard InChI is InChI=1S/C64H40B2N2O3/c1-4-19-41(20-5-1)43-35-56-63-60(36-43)69-57-33-16-13-30-50(57)65(63)52-39-53-59(40-55(52)68(56)54-32-15-12-28-49(54)48-29-18-22-42-21-10-11-27-47(42)48)71-62-38-46(37-61-64(62)66(53)51-31-14-17-34-58(51)70-61)67(44-23-6-2-7-24-44)45-25-8-3-9-26-45/h1-40H. The molecule has 11 aromatic carbocycles. The van der Waals surface area contributed by atoms with E-state index in [1.54, 1.807) is 0 Å². The van der Waals surface area contributed by atoms with E-state index in [2.05, 4.69) is 252 Å². The van der Waals surface area contributed by atoms with Crippen molar-refractivity contribution < 1.29 is 14.2 Å². The van der Waals surface area contributed by atoms with E-state index in [-0.39, 0.29) is 13.4 Å². The second kappa shape index (κ2) is 15.7. The Morgan fingerprint density at radius 3 is 1.58 bits per heavy atom. The maximum Gasteiger partial charge on any atom is 0.260 e. The van der Waals surface area contributed by atoms with Crippen LogP contribution in [0.4, 0.5) is 34.1 Å². The van der Waals surface area contributed by atoms with Gasteiger partial charge in [-0.3, -0.25) is 0 Å². The first-order valence-corrected chi connectivity index (χ1v) is 24.3. The normalized spacial score (nSPS) is 13.0. The zero-order valence-corrected chi connectivity index (χ0v) is 38.4. The van der Waals surface area contributed by atoms with Gasteiger partial charge in [0.2, 0.25) is 0 Å². The third-order valence-corrected chi connectivity index (χ3v) is 14.8. The van der Waals surface area contributed by atoms with Crippen LogP contribution in [0.1, 0.15) is 0 Å². The van der Waals surface area contributed by atoms with Crippen LogP contribution in [-0.4, -0.2) is 13.4 Å². The van der Waals surface area contributed by atoms with Gasteiger partial charge in [-0.2, -0.15) is 0 Å². The lowest BCUT2D eigenvalue weighted by Crippen LogP contribution is -2.62. The Kier molecular flexibility index (Phi) is 8.78. The average Bonchev–Trinajstić information content (AvgIpc) is 3.43. The molecule has 0 amide bonds. The lowest BCUT2D eigenvalue weighted by Gasteiger charge is -2.42. The molecule has 0 N–H and O–H groups in total. The highest BCUT2D eigenvalue weighted by atomic mass is 16.5. The average molecular weight is 907 g/mol. The molecule has 0 aromatic heterocycles. The van der Waals surface area contributed by atoms with Crippen molar-refractivity contribution in [2.45, 2.75) is 0 Å². The zero-order chi connectivity index (χ0) is 46.6. The van der Waals surface area contributed by atoms with Crippen molar-refractivity contribution in [2.24, 2.45) is 0 Å². The summed E-state index contributed by atoms with van der Waals surface area (Å²) in [5, 5.41) is 2.40. The molecule has 0 spiro atoms. The minimum Gasteiger partial charge on any atom is -0.458 e. The number of benzene rings is 11. The van der Waals surface area contributed by atoms with Crippen LogP contribution in [-0.2, 0) is 0 Å². The van der Waals surface area contributed by atoms with Gasteiger partial charge < -0.3 is 24.0 Å². The number of rotatable bonds is 6. The van der Waals surface area contributed by atoms with Crippen molar-refractivity contribution in [1.29, 1.82) is 0 Å². The predicted octanol–water partition coefficient (Wildman–Crippen LogP) is 12.8. The summed E-state index contributed by atoms with van der Waals surface area (Å²) in [6, 6.07) is 86.6. The summed E-state index contributed by atoms with van der Waals surface area (Å²) >= 11 is 0. The molecule has 0 saturated heterocycles. The van der Waals surface area contributed by atoms with Crippen molar-refractivity contribution in [1.82, 2.24) is 0 Å². The number of fused-ring (bicyclic) bond motifs is 9. The highest BCUT2D eigenvalue weighted by molar-refractivity contribution is 7.01. The summed E-state index contributed by atoms with van der Waals surface area (Å²) in [4.78, 5) is 4.76. The van der Waals surface area contributed by atoms with Crippen LogP contribution in [0.3, 0.4) is 0 Å². The SMILES string of the molecule is c1ccc(-c2cc3c4c(c2)N(c2ccccc2-c2cccc5ccccc25)c2cc5c(cc2B4c2ccccc2O3)B2c3ccccc3Oc3cc(N(c4ccccc4)c4ccccc4)cc(c32)O5)cc1. The number of ether oxygens (including phenoxy) is 3. The van der Waals surface area contributed by atoms with Gasteiger partial charge in [0.05, 0.1) is 11.4 Å². The van der Waals surface area contributed by atoms with Gasteiger partial charge in [-0.15, -0.1) is 0 Å². The largest absolute Gasteiger partial charge is 0.458 e. The number of para-hydroxylation sites is 5. The third kappa shape index (κ3) is 6.16. The van der Waals surface area contributed by atoms with Gasteiger partial charge in [-0.05, 0) is 109 Å². The summed E-state index contributed by atoms with van der Waals surface area (Å²) in [5.41, 5.74) is 17.4. The van der Waals surface area contributed by atoms with E-state index in [0.717, 1.165) is 113 Å². The molecule has 71 heavy (non-hydrogen) atoms. The van der Waals surface area contributed by atoms with Crippen molar-refractivity contribution in [3.63, 3.8) is 0 Å².